The van der Waals surface area contributed by atoms with Gasteiger partial charge in [0.1, 0.15) is 24.0 Å². The third-order valence-corrected chi connectivity index (χ3v) is 5.38. The molecule has 0 spiro atoms. The third kappa shape index (κ3) is 3.38. The third-order valence-electron chi connectivity index (χ3n) is 5.38. The van der Waals surface area contributed by atoms with E-state index in [-0.39, 0.29) is 6.61 Å². The van der Waals surface area contributed by atoms with Crippen LogP contribution in [0.1, 0.15) is 23.0 Å². The average molecular weight is 438 g/mol. The van der Waals surface area contributed by atoms with Gasteiger partial charge < -0.3 is 13.9 Å². The van der Waals surface area contributed by atoms with E-state index in [0.29, 0.717) is 28.3 Å². The molecule has 3 aromatic heterocycles. The first-order valence-corrected chi connectivity index (χ1v) is 9.90. The molecule has 0 bridgehead atoms. The topological polar surface area (TPSA) is 78.5 Å². The zero-order valence-electron chi connectivity index (χ0n) is 17.6. The molecular weight excluding hydrogens is 418 g/mol. The number of fused-ring (bicyclic) bond motifs is 1. The summed E-state index contributed by atoms with van der Waals surface area (Å²) in [6, 6.07) is 5.60. The molecule has 0 saturated heterocycles. The smallest absolute Gasteiger partial charge is 0.238 e. The lowest BCUT2D eigenvalue weighted by atomic mass is 10.1. The molecule has 0 saturated carbocycles. The van der Waals surface area contributed by atoms with Gasteiger partial charge in [0, 0.05) is 36.5 Å². The Bertz CT molecular complexity index is 1360. The second-order valence-corrected chi connectivity index (χ2v) is 7.53. The van der Waals surface area contributed by atoms with E-state index in [1.165, 1.54) is 12.1 Å². The van der Waals surface area contributed by atoms with Crippen molar-refractivity contribution in [1.82, 2.24) is 24.6 Å². The molecule has 0 amide bonds. The molecule has 1 atom stereocenters. The number of rotatable bonds is 4. The maximum atomic E-state index is 13.9. The van der Waals surface area contributed by atoms with Crippen LogP contribution in [-0.4, -0.2) is 38.7 Å². The molecule has 8 nitrogen and oxygen atoms in total. The van der Waals surface area contributed by atoms with Crippen molar-refractivity contribution in [2.75, 3.05) is 13.7 Å². The molecule has 1 unspecified atom stereocenters. The summed E-state index contributed by atoms with van der Waals surface area (Å²) in [5.41, 5.74) is 6.23. The maximum absolute atomic E-state index is 13.9. The Balaban J connectivity index is 1.54. The highest BCUT2D eigenvalue weighted by Gasteiger charge is 2.24. The SMILES string of the molecule is COc1nc(C2=NC(c3cn(C)c4cc(F)c(F)cc34)CON2)ccc1-n1cnc(C)c1. The summed E-state index contributed by atoms with van der Waals surface area (Å²) in [6.45, 7) is 2.13. The molecule has 32 heavy (non-hydrogen) atoms. The number of aliphatic imine (C=N–C) groups is 1. The van der Waals surface area contributed by atoms with Crippen molar-refractivity contribution >= 4 is 16.7 Å². The zero-order chi connectivity index (χ0) is 22.4. The molecule has 4 heterocycles. The molecule has 4 aromatic rings. The van der Waals surface area contributed by atoms with Gasteiger partial charge in [-0.3, -0.25) is 9.83 Å². The van der Waals surface area contributed by atoms with Crippen molar-refractivity contribution in [3.8, 4) is 11.6 Å². The molecule has 1 N–H and O–H groups in total. The first-order valence-electron chi connectivity index (χ1n) is 9.90. The van der Waals surface area contributed by atoms with Crippen molar-refractivity contribution < 1.29 is 18.4 Å². The van der Waals surface area contributed by atoms with Crippen LogP contribution in [-0.2, 0) is 11.9 Å². The van der Waals surface area contributed by atoms with Gasteiger partial charge in [-0.2, -0.15) is 0 Å². The normalized spacial score (nSPS) is 16.2. The minimum atomic E-state index is -0.902. The highest BCUT2D eigenvalue weighted by molar-refractivity contribution is 5.97. The Morgan fingerprint density at radius 1 is 1.19 bits per heavy atom. The Morgan fingerprint density at radius 3 is 2.75 bits per heavy atom. The maximum Gasteiger partial charge on any atom is 0.238 e. The fraction of sp³-hybridized carbons (Fsp3) is 0.227. The monoisotopic (exact) mass is 438 g/mol. The van der Waals surface area contributed by atoms with Gasteiger partial charge in [0.15, 0.2) is 17.5 Å². The number of hydrogen-bond donors (Lipinski definition) is 1. The van der Waals surface area contributed by atoms with E-state index in [4.69, 9.17) is 14.6 Å². The largest absolute Gasteiger partial charge is 0.479 e. The lowest BCUT2D eigenvalue weighted by molar-refractivity contribution is 0.0623. The number of hydrogen-bond acceptors (Lipinski definition) is 6. The number of halogens is 2. The number of imidazole rings is 1. The summed E-state index contributed by atoms with van der Waals surface area (Å²) >= 11 is 0. The molecule has 0 radical (unpaired) electrons. The van der Waals surface area contributed by atoms with E-state index in [1.807, 2.05) is 30.0 Å². The minimum Gasteiger partial charge on any atom is -0.479 e. The van der Waals surface area contributed by atoms with E-state index >= 15 is 0 Å². The highest BCUT2D eigenvalue weighted by atomic mass is 19.2. The van der Waals surface area contributed by atoms with Gasteiger partial charge in [-0.05, 0) is 25.1 Å². The highest BCUT2D eigenvalue weighted by Crippen LogP contribution is 2.32. The number of amidine groups is 1. The summed E-state index contributed by atoms with van der Waals surface area (Å²) < 4.78 is 36.7. The van der Waals surface area contributed by atoms with Crippen molar-refractivity contribution in [2.24, 2.45) is 12.0 Å². The number of aryl methyl sites for hydroxylation is 2. The van der Waals surface area contributed by atoms with Gasteiger partial charge in [0.05, 0.1) is 24.6 Å². The summed E-state index contributed by atoms with van der Waals surface area (Å²) in [5, 5.41) is 0.585. The lowest BCUT2D eigenvalue weighted by Gasteiger charge is -2.22. The van der Waals surface area contributed by atoms with Crippen LogP contribution in [0.15, 0.2) is 48.0 Å². The van der Waals surface area contributed by atoms with Crippen molar-refractivity contribution in [3.63, 3.8) is 0 Å². The van der Waals surface area contributed by atoms with Gasteiger partial charge in [-0.1, -0.05) is 0 Å². The molecule has 1 aromatic carbocycles. The van der Waals surface area contributed by atoms with E-state index in [0.717, 1.165) is 16.9 Å². The minimum absolute atomic E-state index is 0.227. The van der Waals surface area contributed by atoms with Gasteiger partial charge in [-0.25, -0.2) is 24.2 Å². The predicted octanol–water partition coefficient (Wildman–Crippen LogP) is 3.38. The van der Waals surface area contributed by atoms with Crippen molar-refractivity contribution in [3.05, 3.63) is 71.6 Å². The molecule has 0 fully saturated rings. The molecular formula is C22H20F2N6O2. The summed E-state index contributed by atoms with van der Waals surface area (Å²) in [7, 11) is 3.32. The Kier molecular flexibility index (Phi) is 4.86. The summed E-state index contributed by atoms with van der Waals surface area (Å²) in [5.74, 6) is -0.983. The zero-order valence-corrected chi connectivity index (χ0v) is 17.6. The molecule has 1 aliphatic heterocycles. The predicted molar refractivity (Wildman–Crippen MR) is 114 cm³/mol. The van der Waals surface area contributed by atoms with Crippen LogP contribution in [0.4, 0.5) is 8.78 Å². The Morgan fingerprint density at radius 2 is 2.00 bits per heavy atom. The van der Waals surface area contributed by atoms with E-state index in [2.05, 4.69) is 15.4 Å². The second kappa shape index (κ2) is 7.72. The standard InChI is InChI=1S/C22H20F2N6O2/c1-12-8-30(11-25-12)19-5-4-17(27-22(19)31-3)21-26-18(10-32-28-21)14-9-29(2)20-7-16(24)15(23)6-13(14)20/h4-9,11,18H,10H2,1-3H3,(H,26,28). The van der Waals surface area contributed by atoms with Crippen molar-refractivity contribution in [2.45, 2.75) is 13.0 Å². The quantitative estimate of drug-likeness (QED) is 0.529. The van der Waals surface area contributed by atoms with Crippen LogP contribution in [0, 0.1) is 18.6 Å². The van der Waals surface area contributed by atoms with Crippen LogP contribution in [0.25, 0.3) is 16.6 Å². The average Bonchev–Trinajstić information content (AvgIpc) is 3.37. The van der Waals surface area contributed by atoms with Gasteiger partial charge in [-0.15, -0.1) is 0 Å². The van der Waals surface area contributed by atoms with Gasteiger partial charge in [0.25, 0.3) is 0 Å². The fourth-order valence-corrected chi connectivity index (χ4v) is 3.82. The number of nitrogens with one attached hydrogen (secondary N) is 1. The Labute approximate surface area is 182 Å². The summed E-state index contributed by atoms with van der Waals surface area (Å²) in [6.07, 6.45) is 5.37. The summed E-state index contributed by atoms with van der Waals surface area (Å²) in [4.78, 5) is 19.1. The number of benzene rings is 1. The van der Waals surface area contributed by atoms with Crippen molar-refractivity contribution in [1.29, 1.82) is 0 Å². The molecule has 164 valence electrons. The number of ether oxygens (including phenoxy) is 1. The number of pyridine rings is 1. The molecule has 1 aliphatic rings. The number of hydroxylamine groups is 1. The van der Waals surface area contributed by atoms with Gasteiger partial charge >= 0.3 is 0 Å². The van der Waals surface area contributed by atoms with Crippen LogP contribution in [0.2, 0.25) is 0 Å². The number of aromatic nitrogens is 4. The van der Waals surface area contributed by atoms with Gasteiger partial charge in [0.2, 0.25) is 5.88 Å². The molecule has 0 aliphatic carbocycles. The number of nitrogens with zero attached hydrogens (tertiary/aromatic N) is 5. The molecule has 10 heteroatoms. The first kappa shape index (κ1) is 20.1. The van der Waals surface area contributed by atoms with E-state index < -0.39 is 17.7 Å². The first-order chi connectivity index (χ1) is 15.4. The fourth-order valence-electron chi connectivity index (χ4n) is 3.82. The van der Waals surface area contributed by atoms with E-state index in [9.17, 15) is 8.78 Å². The van der Waals surface area contributed by atoms with Crippen LogP contribution < -0.4 is 10.2 Å². The van der Waals surface area contributed by atoms with Crippen LogP contribution >= 0.6 is 0 Å². The lowest BCUT2D eigenvalue weighted by Crippen LogP contribution is -2.33. The van der Waals surface area contributed by atoms with Crippen LogP contribution in [0.3, 0.4) is 0 Å². The Hall–Kier alpha value is -3.79. The molecule has 5 rings (SSSR count). The second-order valence-electron chi connectivity index (χ2n) is 7.53. The van der Waals surface area contributed by atoms with Crippen LogP contribution in [0.5, 0.6) is 5.88 Å². The van der Waals surface area contributed by atoms with E-state index in [1.54, 1.807) is 31.1 Å². The number of methoxy groups -OCH3 is 1.